The van der Waals surface area contributed by atoms with Crippen LogP contribution in [0.3, 0.4) is 0 Å². The molecule has 0 saturated heterocycles. The van der Waals surface area contributed by atoms with Crippen LogP contribution >= 0.6 is 0 Å². The molecule has 0 aliphatic rings. The Morgan fingerprint density at radius 3 is 1.29 bits per heavy atom. The van der Waals surface area contributed by atoms with E-state index in [2.05, 4.69) is 31.2 Å². The number of hydrogen-bond donors (Lipinski definition) is 0. The summed E-state index contributed by atoms with van der Waals surface area (Å²) < 4.78 is 0. The predicted octanol–water partition coefficient (Wildman–Crippen LogP) is 4.74. The minimum atomic E-state index is 0.250. The van der Waals surface area contributed by atoms with Gasteiger partial charge in [0.2, 0.25) is 0 Å². The Bertz CT molecular complexity index is 212. The molecule has 0 aliphatic heterocycles. The fourth-order valence-corrected chi connectivity index (χ4v) is 0.714. The zero-order valence-electron chi connectivity index (χ0n) is 12.4. The summed E-state index contributed by atoms with van der Waals surface area (Å²) in [5.74, 6) is 0. The van der Waals surface area contributed by atoms with Crippen molar-refractivity contribution < 1.29 is 9.59 Å². The van der Waals surface area contributed by atoms with Crippen LogP contribution in [0.5, 0.6) is 0 Å². The van der Waals surface area contributed by atoms with Crippen LogP contribution < -0.4 is 0 Å². The van der Waals surface area contributed by atoms with Gasteiger partial charge in [-0.05, 0) is 12.0 Å². The van der Waals surface area contributed by atoms with Gasteiger partial charge < -0.3 is 0 Å². The zero-order chi connectivity index (χ0) is 14.5. The Kier molecular flexibility index (Phi) is 53.1. The number of benzene rings is 1. The highest BCUT2D eigenvalue weighted by Crippen LogP contribution is 1.96. The van der Waals surface area contributed by atoms with Crippen LogP contribution in [0.25, 0.3) is 0 Å². The van der Waals surface area contributed by atoms with Crippen molar-refractivity contribution in [3.05, 3.63) is 35.9 Å². The number of hydrogen-bond acceptors (Lipinski definition) is 2. The predicted molar refractivity (Wildman–Crippen MR) is 74.9 cm³/mol. The minimum absolute atomic E-state index is 0.250. The summed E-state index contributed by atoms with van der Waals surface area (Å²) in [7, 11) is 0. The molecule has 0 unspecified atom stereocenters. The van der Waals surface area contributed by atoms with E-state index in [9.17, 15) is 0 Å². The van der Waals surface area contributed by atoms with Crippen LogP contribution in [0.1, 0.15) is 54.0 Å². The molecule has 1 aromatic rings. The lowest BCUT2D eigenvalue weighted by molar-refractivity contribution is -0.191. The maximum atomic E-state index is 8.12. The summed E-state index contributed by atoms with van der Waals surface area (Å²) in [4.78, 5) is 16.2. The molecule has 100 valence electrons. The van der Waals surface area contributed by atoms with Crippen LogP contribution in [-0.4, -0.2) is 6.15 Å². The van der Waals surface area contributed by atoms with Crippen LogP contribution in [0.15, 0.2) is 30.3 Å². The molecular formula is C15H28O2. The average Bonchev–Trinajstić information content (AvgIpc) is 2.47. The zero-order valence-corrected chi connectivity index (χ0v) is 12.4. The van der Waals surface area contributed by atoms with E-state index in [1.54, 1.807) is 0 Å². The molecule has 0 fully saturated rings. The molecule has 1 rings (SSSR count). The first-order chi connectivity index (χ1) is 8.35. The second-order valence-electron chi connectivity index (χ2n) is 1.92. The molecule has 0 saturated carbocycles. The standard InChI is InChI=1S/C8H10.3C2H6.CO2/c1-2-8-6-4-3-5-7-8;3*1-2;2-1-3/h3-7H,2H2,1H3;3*1-2H3;. The normalized spacial score (nSPS) is 5.82. The molecule has 2 heteroatoms. The molecule has 17 heavy (non-hydrogen) atoms. The highest BCUT2D eigenvalue weighted by Gasteiger charge is 1.79. The van der Waals surface area contributed by atoms with Crippen molar-refractivity contribution in [2.24, 2.45) is 0 Å². The molecule has 0 atom stereocenters. The van der Waals surface area contributed by atoms with Crippen molar-refractivity contribution in [1.82, 2.24) is 0 Å². The first kappa shape index (κ1) is 24.7. The maximum Gasteiger partial charge on any atom is 0.373 e. The topological polar surface area (TPSA) is 34.1 Å². The molecule has 0 N–H and O–H groups in total. The third kappa shape index (κ3) is 31.3. The third-order valence-electron chi connectivity index (χ3n) is 1.25. The molecule has 0 aliphatic carbocycles. The Hall–Kier alpha value is -1.40. The van der Waals surface area contributed by atoms with E-state index in [4.69, 9.17) is 9.59 Å². The summed E-state index contributed by atoms with van der Waals surface area (Å²) in [5, 5.41) is 0. The summed E-state index contributed by atoms with van der Waals surface area (Å²) in [5.41, 5.74) is 1.41. The molecule has 1 aromatic carbocycles. The molecular weight excluding hydrogens is 212 g/mol. The lowest BCUT2D eigenvalue weighted by atomic mass is 10.2. The third-order valence-corrected chi connectivity index (χ3v) is 1.25. The van der Waals surface area contributed by atoms with E-state index in [1.165, 1.54) is 5.56 Å². The van der Waals surface area contributed by atoms with Crippen molar-refractivity contribution in [2.45, 2.75) is 54.9 Å². The first-order valence-electron chi connectivity index (χ1n) is 6.38. The number of aryl methyl sites for hydroxylation is 1. The van der Waals surface area contributed by atoms with Gasteiger partial charge in [0, 0.05) is 0 Å². The van der Waals surface area contributed by atoms with Crippen molar-refractivity contribution in [3.8, 4) is 0 Å². The fourth-order valence-electron chi connectivity index (χ4n) is 0.714. The van der Waals surface area contributed by atoms with Crippen LogP contribution in [0, 0.1) is 0 Å². The van der Waals surface area contributed by atoms with Gasteiger partial charge in [0.25, 0.3) is 0 Å². The second kappa shape index (κ2) is 36.5. The van der Waals surface area contributed by atoms with E-state index in [0.29, 0.717) is 0 Å². The Morgan fingerprint density at radius 1 is 0.824 bits per heavy atom. The largest absolute Gasteiger partial charge is 0.373 e. The van der Waals surface area contributed by atoms with Gasteiger partial charge in [-0.3, -0.25) is 0 Å². The summed E-state index contributed by atoms with van der Waals surface area (Å²) >= 11 is 0. The Morgan fingerprint density at radius 2 is 1.12 bits per heavy atom. The summed E-state index contributed by atoms with van der Waals surface area (Å²) in [6.45, 7) is 14.2. The van der Waals surface area contributed by atoms with Gasteiger partial charge in [-0.1, -0.05) is 78.8 Å². The first-order valence-corrected chi connectivity index (χ1v) is 6.38. The molecule has 2 nitrogen and oxygen atoms in total. The van der Waals surface area contributed by atoms with Gasteiger partial charge in [0.1, 0.15) is 0 Å². The summed E-state index contributed by atoms with van der Waals surface area (Å²) in [6.07, 6.45) is 1.39. The molecule has 0 amide bonds. The van der Waals surface area contributed by atoms with E-state index in [-0.39, 0.29) is 6.15 Å². The van der Waals surface area contributed by atoms with Crippen molar-refractivity contribution in [3.63, 3.8) is 0 Å². The van der Waals surface area contributed by atoms with Crippen molar-refractivity contribution in [2.75, 3.05) is 0 Å². The second-order valence-corrected chi connectivity index (χ2v) is 1.92. The van der Waals surface area contributed by atoms with Gasteiger partial charge in [0.05, 0.1) is 0 Å². The quantitative estimate of drug-likeness (QED) is 0.710. The molecule has 0 bridgehead atoms. The lowest BCUT2D eigenvalue weighted by Gasteiger charge is -1.89. The van der Waals surface area contributed by atoms with Crippen molar-refractivity contribution >= 4 is 6.15 Å². The highest BCUT2D eigenvalue weighted by molar-refractivity contribution is 5.20. The van der Waals surface area contributed by atoms with E-state index < -0.39 is 0 Å². The average molecular weight is 240 g/mol. The van der Waals surface area contributed by atoms with Crippen molar-refractivity contribution in [1.29, 1.82) is 0 Å². The minimum Gasteiger partial charge on any atom is -0.186 e. The fraction of sp³-hybridized carbons (Fsp3) is 0.533. The van der Waals surface area contributed by atoms with Crippen LogP contribution in [-0.2, 0) is 16.0 Å². The smallest absolute Gasteiger partial charge is 0.186 e. The SMILES string of the molecule is CC.CC.CC.CCc1ccccc1.O=C=O. The van der Waals surface area contributed by atoms with E-state index in [1.807, 2.05) is 47.6 Å². The number of carbonyl (C=O) groups excluding carboxylic acids is 2. The lowest BCUT2D eigenvalue weighted by Crippen LogP contribution is -1.73. The maximum absolute atomic E-state index is 8.12. The van der Waals surface area contributed by atoms with Crippen LogP contribution in [0.4, 0.5) is 0 Å². The van der Waals surface area contributed by atoms with E-state index in [0.717, 1.165) is 6.42 Å². The molecule has 0 heterocycles. The summed E-state index contributed by atoms with van der Waals surface area (Å²) in [6, 6.07) is 10.5. The monoisotopic (exact) mass is 240 g/mol. The molecule has 0 radical (unpaired) electrons. The van der Waals surface area contributed by atoms with Crippen LogP contribution in [0.2, 0.25) is 0 Å². The molecule has 0 spiro atoms. The number of rotatable bonds is 1. The Balaban J connectivity index is -0.0000000801. The molecule has 0 aromatic heterocycles. The van der Waals surface area contributed by atoms with Gasteiger partial charge >= 0.3 is 6.15 Å². The Labute approximate surface area is 107 Å². The van der Waals surface area contributed by atoms with Gasteiger partial charge in [-0.2, -0.15) is 9.59 Å². The van der Waals surface area contributed by atoms with Gasteiger partial charge in [-0.15, -0.1) is 0 Å². The van der Waals surface area contributed by atoms with Gasteiger partial charge in [-0.25, -0.2) is 0 Å². The van der Waals surface area contributed by atoms with Gasteiger partial charge in [0.15, 0.2) is 0 Å². The van der Waals surface area contributed by atoms with E-state index >= 15 is 0 Å². The highest BCUT2D eigenvalue weighted by atomic mass is 16.2.